The van der Waals surface area contributed by atoms with E-state index in [1.807, 2.05) is 49.4 Å². The molecule has 5 nitrogen and oxygen atoms in total. The second-order valence-corrected chi connectivity index (χ2v) is 8.31. The topological polar surface area (TPSA) is 66.8 Å². The van der Waals surface area contributed by atoms with Crippen molar-refractivity contribution in [2.75, 3.05) is 13.7 Å². The van der Waals surface area contributed by atoms with E-state index in [0.717, 1.165) is 37.7 Å². The monoisotopic (exact) mass is 419 g/mol. The smallest absolute Gasteiger partial charge is 0.295 e. The number of fused-ring (bicyclic) bond motifs is 1. The number of hydrogen-bond acceptors (Lipinski definition) is 4. The highest BCUT2D eigenvalue weighted by atomic mass is 16.5. The van der Waals surface area contributed by atoms with Gasteiger partial charge in [-0.25, -0.2) is 0 Å². The number of rotatable bonds is 6. The number of carbonyl (C=O) groups is 2. The number of carbonyl (C=O) groups excluding carboxylic acids is 2. The summed E-state index contributed by atoms with van der Waals surface area (Å²) in [4.78, 5) is 27.6. The van der Waals surface area contributed by atoms with Crippen molar-refractivity contribution < 1.29 is 19.4 Å². The van der Waals surface area contributed by atoms with Gasteiger partial charge in [0.2, 0.25) is 0 Å². The van der Waals surface area contributed by atoms with Gasteiger partial charge in [0.1, 0.15) is 11.5 Å². The van der Waals surface area contributed by atoms with E-state index in [4.69, 9.17) is 4.74 Å². The average molecular weight is 420 g/mol. The molecule has 2 aromatic rings. The second kappa shape index (κ2) is 8.96. The van der Waals surface area contributed by atoms with Gasteiger partial charge in [-0.3, -0.25) is 9.59 Å². The third-order valence-corrected chi connectivity index (χ3v) is 6.35. The molecule has 1 amide bonds. The number of unbranched alkanes of at least 4 members (excludes halogenated alkanes) is 1. The molecule has 1 heterocycles. The molecule has 1 atom stereocenters. The van der Waals surface area contributed by atoms with Gasteiger partial charge in [-0.15, -0.1) is 0 Å². The van der Waals surface area contributed by atoms with Gasteiger partial charge in [-0.2, -0.15) is 0 Å². The fourth-order valence-electron chi connectivity index (χ4n) is 4.61. The third kappa shape index (κ3) is 3.97. The van der Waals surface area contributed by atoms with E-state index >= 15 is 0 Å². The highest BCUT2D eigenvalue weighted by Gasteiger charge is 2.45. The highest BCUT2D eigenvalue weighted by Crippen LogP contribution is 2.40. The Hall–Kier alpha value is -3.08. The Morgan fingerprint density at radius 3 is 2.45 bits per heavy atom. The maximum atomic E-state index is 13.1. The first-order chi connectivity index (χ1) is 15.0. The minimum atomic E-state index is -0.618. The van der Waals surface area contributed by atoms with Gasteiger partial charge >= 0.3 is 0 Å². The highest BCUT2D eigenvalue weighted by molar-refractivity contribution is 6.46. The summed E-state index contributed by atoms with van der Waals surface area (Å²) in [6.45, 7) is 2.52. The molecule has 31 heavy (non-hydrogen) atoms. The van der Waals surface area contributed by atoms with Crippen molar-refractivity contribution in [3.8, 4) is 5.75 Å². The number of likely N-dealkylation sites (tertiary alicyclic amines) is 1. The Labute approximate surface area is 183 Å². The molecule has 1 fully saturated rings. The standard InChI is InChI=1S/C26H29NO4/c1-3-4-15-27-23(18-11-13-21(31-2)14-12-18)22(25(29)26(27)30)24(28)20-10-9-17-7-5-6-8-19(17)16-20/h9-14,16,23,28H,3-8,15H2,1-2H3/b24-22-. The minimum absolute atomic E-state index is 0.0912. The van der Waals surface area contributed by atoms with Crippen molar-refractivity contribution in [3.05, 3.63) is 70.3 Å². The molecule has 0 saturated carbocycles. The Balaban J connectivity index is 1.81. The average Bonchev–Trinajstić information content (AvgIpc) is 3.06. The number of Topliss-reactive ketones (excluding diaryl/α,β-unsaturated/α-hetero) is 1. The van der Waals surface area contributed by atoms with Crippen molar-refractivity contribution >= 4 is 17.4 Å². The van der Waals surface area contributed by atoms with E-state index in [1.165, 1.54) is 17.5 Å². The molecule has 1 unspecified atom stereocenters. The van der Waals surface area contributed by atoms with Crippen LogP contribution in [0.15, 0.2) is 48.0 Å². The molecule has 1 saturated heterocycles. The number of amides is 1. The first-order valence-corrected chi connectivity index (χ1v) is 11.1. The quantitative estimate of drug-likeness (QED) is 0.415. The number of nitrogens with zero attached hydrogens (tertiary/aromatic N) is 1. The predicted octanol–water partition coefficient (Wildman–Crippen LogP) is 4.80. The van der Waals surface area contributed by atoms with Gasteiger partial charge in [0.05, 0.1) is 18.7 Å². The lowest BCUT2D eigenvalue weighted by Gasteiger charge is -2.25. The van der Waals surface area contributed by atoms with Crippen molar-refractivity contribution in [2.24, 2.45) is 0 Å². The molecule has 1 N–H and O–H groups in total. The molecular weight excluding hydrogens is 390 g/mol. The van der Waals surface area contributed by atoms with Crippen molar-refractivity contribution in [2.45, 2.75) is 51.5 Å². The first-order valence-electron chi connectivity index (χ1n) is 11.1. The maximum Gasteiger partial charge on any atom is 0.295 e. The largest absolute Gasteiger partial charge is 0.507 e. The SMILES string of the molecule is CCCCN1C(=O)C(=O)/C(=C(\O)c2ccc3c(c2)CCCC3)C1c1ccc(OC)cc1. The molecule has 2 aliphatic rings. The number of benzene rings is 2. The zero-order valence-corrected chi connectivity index (χ0v) is 18.2. The number of methoxy groups -OCH3 is 1. The molecule has 2 aromatic carbocycles. The summed E-state index contributed by atoms with van der Waals surface area (Å²) in [7, 11) is 1.60. The fourth-order valence-corrected chi connectivity index (χ4v) is 4.61. The molecule has 0 bridgehead atoms. The van der Waals surface area contributed by atoms with Gasteiger partial charge in [0.15, 0.2) is 0 Å². The minimum Gasteiger partial charge on any atom is -0.507 e. The van der Waals surface area contributed by atoms with Crippen LogP contribution in [0.25, 0.3) is 5.76 Å². The summed E-state index contributed by atoms with van der Waals surface area (Å²) < 4.78 is 5.25. The summed E-state index contributed by atoms with van der Waals surface area (Å²) in [6.07, 6.45) is 6.03. The van der Waals surface area contributed by atoms with Gasteiger partial charge < -0.3 is 14.7 Å². The summed E-state index contributed by atoms with van der Waals surface area (Å²) in [5.41, 5.74) is 4.08. The van der Waals surface area contributed by atoms with E-state index in [1.54, 1.807) is 12.0 Å². The second-order valence-electron chi connectivity index (χ2n) is 8.31. The number of hydrogen-bond donors (Lipinski definition) is 1. The lowest BCUT2D eigenvalue weighted by molar-refractivity contribution is -0.139. The zero-order chi connectivity index (χ0) is 22.0. The predicted molar refractivity (Wildman–Crippen MR) is 120 cm³/mol. The summed E-state index contributed by atoms with van der Waals surface area (Å²) in [5, 5.41) is 11.2. The van der Waals surface area contributed by atoms with E-state index < -0.39 is 17.7 Å². The molecule has 1 aliphatic carbocycles. The Bertz CT molecular complexity index is 1020. The Kier molecular flexibility index (Phi) is 6.12. The molecule has 0 aromatic heterocycles. The lowest BCUT2D eigenvalue weighted by Crippen LogP contribution is -2.30. The van der Waals surface area contributed by atoms with Gasteiger partial charge in [-0.1, -0.05) is 37.6 Å². The van der Waals surface area contributed by atoms with Crippen LogP contribution in [0, 0.1) is 0 Å². The molecule has 4 rings (SSSR count). The van der Waals surface area contributed by atoms with E-state index in [0.29, 0.717) is 17.9 Å². The van der Waals surface area contributed by atoms with Crippen molar-refractivity contribution in [1.29, 1.82) is 0 Å². The molecule has 0 radical (unpaired) electrons. The zero-order valence-electron chi connectivity index (χ0n) is 18.2. The van der Waals surface area contributed by atoms with Crippen LogP contribution in [0.1, 0.15) is 60.9 Å². The Morgan fingerprint density at radius 1 is 1.06 bits per heavy atom. The van der Waals surface area contributed by atoms with Gasteiger partial charge in [0, 0.05) is 12.1 Å². The van der Waals surface area contributed by atoms with Crippen LogP contribution >= 0.6 is 0 Å². The number of aryl methyl sites for hydroxylation is 2. The number of aliphatic hydroxyl groups is 1. The van der Waals surface area contributed by atoms with Crippen LogP contribution in [0.5, 0.6) is 5.75 Å². The van der Waals surface area contributed by atoms with Crippen LogP contribution in [0.2, 0.25) is 0 Å². The third-order valence-electron chi connectivity index (χ3n) is 6.35. The van der Waals surface area contributed by atoms with E-state index in [-0.39, 0.29) is 11.3 Å². The normalized spacial score (nSPS) is 20.1. The number of ketones is 1. The Morgan fingerprint density at radius 2 is 1.77 bits per heavy atom. The van der Waals surface area contributed by atoms with Crippen LogP contribution in [-0.4, -0.2) is 35.4 Å². The van der Waals surface area contributed by atoms with Crippen LogP contribution in [-0.2, 0) is 22.4 Å². The number of ether oxygens (including phenoxy) is 1. The molecular formula is C26H29NO4. The molecule has 162 valence electrons. The molecule has 5 heteroatoms. The summed E-state index contributed by atoms with van der Waals surface area (Å²) in [6, 6.07) is 12.6. The summed E-state index contributed by atoms with van der Waals surface area (Å²) in [5.74, 6) is -0.559. The molecule has 0 spiro atoms. The summed E-state index contributed by atoms with van der Waals surface area (Å²) >= 11 is 0. The molecule has 1 aliphatic heterocycles. The van der Waals surface area contributed by atoms with Crippen LogP contribution < -0.4 is 4.74 Å². The van der Waals surface area contributed by atoms with E-state index in [2.05, 4.69) is 0 Å². The number of aliphatic hydroxyl groups excluding tert-OH is 1. The van der Waals surface area contributed by atoms with Gasteiger partial charge in [-0.05, 0) is 67.0 Å². The van der Waals surface area contributed by atoms with E-state index in [9.17, 15) is 14.7 Å². The first kappa shape index (κ1) is 21.2. The van der Waals surface area contributed by atoms with Gasteiger partial charge in [0.25, 0.3) is 11.7 Å². The lowest BCUT2D eigenvalue weighted by atomic mass is 9.88. The van der Waals surface area contributed by atoms with Crippen molar-refractivity contribution in [1.82, 2.24) is 4.90 Å². The van der Waals surface area contributed by atoms with Crippen LogP contribution in [0.4, 0.5) is 0 Å². The van der Waals surface area contributed by atoms with Crippen LogP contribution in [0.3, 0.4) is 0 Å². The van der Waals surface area contributed by atoms with Crippen molar-refractivity contribution in [3.63, 3.8) is 0 Å². The maximum absolute atomic E-state index is 13.1. The fraction of sp³-hybridized carbons (Fsp3) is 0.385.